The van der Waals surface area contributed by atoms with E-state index in [4.69, 9.17) is 0 Å². The van der Waals surface area contributed by atoms with Gasteiger partial charge in [0.05, 0.1) is 0 Å². The van der Waals surface area contributed by atoms with E-state index in [2.05, 4.69) is 49.5 Å². The highest BCUT2D eigenvalue weighted by Crippen LogP contribution is 2.21. The molecule has 7 heteroatoms. The van der Waals surface area contributed by atoms with Crippen molar-refractivity contribution in [3.05, 3.63) is 40.3 Å². The summed E-state index contributed by atoms with van der Waals surface area (Å²) in [6.45, 7) is 10.1. The maximum absolute atomic E-state index is 12.2. The van der Waals surface area contributed by atoms with Gasteiger partial charge in [-0.3, -0.25) is 9.78 Å². The molecule has 0 bridgehead atoms. The van der Waals surface area contributed by atoms with Crippen LogP contribution >= 0.6 is 0 Å². The van der Waals surface area contributed by atoms with E-state index in [-0.39, 0.29) is 11.0 Å². The minimum atomic E-state index is -0.330. The second-order valence-corrected chi connectivity index (χ2v) is 7.56. The lowest BCUT2D eigenvalue weighted by molar-refractivity contribution is 0.313. The third kappa shape index (κ3) is 4.17. The Balaban J connectivity index is 1.69. The fourth-order valence-electron chi connectivity index (χ4n) is 2.84. The largest absolute Gasteiger partial charge is 0.369 e. The molecule has 134 valence electrons. The van der Waals surface area contributed by atoms with Crippen molar-refractivity contribution >= 4 is 17.3 Å². The Morgan fingerprint density at radius 1 is 1.04 bits per heavy atom. The lowest BCUT2D eigenvalue weighted by atomic mass is 9.93. The second-order valence-electron chi connectivity index (χ2n) is 7.56. The van der Waals surface area contributed by atoms with Gasteiger partial charge in [0.15, 0.2) is 0 Å². The molecule has 1 saturated heterocycles. The molecular weight excluding hydrogens is 316 g/mol. The van der Waals surface area contributed by atoms with Gasteiger partial charge in [-0.2, -0.15) is 0 Å². The Bertz CT molecular complexity index is 769. The highest BCUT2D eigenvalue weighted by Gasteiger charge is 2.20. The van der Waals surface area contributed by atoms with Crippen LogP contribution in [0.15, 0.2) is 29.1 Å². The first-order chi connectivity index (χ1) is 11.8. The van der Waals surface area contributed by atoms with E-state index in [0.29, 0.717) is 11.6 Å². The van der Waals surface area contributed by atoms with E-state index in [9.17, 15) is 4.79 Å². The molecule has 0 saturated carbocycles. The Labute approximate surface area is 148 Å². The molecule has 1 fully saturated rings. The predicted octanol–water partition coefficient (Wildman–Crippen LogP) is 1.96. The number of nitrogens with one attached hydrogen (secondary N) is 2. The van der Waals surface area contributed by atoms with Gasteiger partial charge in [0.2, 0.25) is 5.95 Å². The normalized spacial score (nSPS) is 16.1. The molecule has 0 amide bonds. The number of anilines is 3. The first kappa shape index (κ1) is 17.4. The van der Waals surface area contributed by atoms with Crippen molar-refractivity contribution in [2.75, 3.05) is 43.4 Å². The third-order valence-electron chi connectivity index (χ3n) is 4.41. The van der Waals surface area contributed by atoms with Gasteiger partial charge in [-0.15, -0.1) is 10.2 Å². The molecule has 0 spiro atoms. The van der Waals surface area contributed by atoms with Crippen LogP contribution in [-0.4, -0.2) is 53.3 Å². The van der Waals surface area contributed by atoms with Gasteiger partial charge < -0.3 is 15.1 Å². The molecule has 0 radical (unpaired) electrons. The average molecular weight is 342 g/mol. The van der Waals surface area contributed by atoms with Crippen LogP contribution in [0.3, 0.4) is 0 Å². The zero-order chi connectivity index (χ0) is 18.0. The van der Waals surface area contributed by atoms with E-state index < -0.39 is 0 Å². The molecule has 3 rings (SSSR count). The molecule has 1 aliphatic heterocycles. The SMILES string of the molecule is CN1CCN(c2ccc(Nc3nnc(C(C)(C)C)c(=O)[nH]3)cc2)CC1. The summed E-state index contributed by atoms with van der Waals surface area (Å²) in [5.74, 6) is 0.352. The molecule has 25 heavy (non-hydrogen) atoms. The number of benzene rings is 1. The lowest BCUT2D eigenvalue weighted by Crippen LogP contribution is -2.44. The average Bonchev–Trinajstić information content (AvgIpc) is 2.55. The number of aromatic amines is 1. The smallest absolute Gasteiger partial charge is 0.274 e. The molecule has 2 N–H and O–H groups in total. The minimum Gasteiger partial charge on any atom is -0.369 e. The number of hydrogen-bond acceptors (Lipinski definition) is 6. The molecule has 0 atom stereocenters. The highest BCUT2D eigenvalue weighted by molar-refractivity contribution is 5.59. The Hall–Kier alpha value is -2.41. The molecule has 0 aliphatic carbocycles. The maximum atomic E-state index is 12.2. The van der Waals surface area contributed by atoms with E-state index >= 15 is 0 Å². The number of piperazine rings is 1. The first-order valence-electron chi connectivity index (χ1n) is 8.61. The molecular formula is C18H26N6O. The van der Waals surface area contributed by atoms with Crippen LogP contribution in [0, 0.1) is 0 Å². The molecule has 1 aromatic heterocycles. The first-order valence-corrected chi connectivity index (χ1v) is 8.61. The molecule has 2 aromatic rings. The second kappa shape index (κ2) is 6.84. The van der Waals surface area contributed by atoms with Crippen molar-refractivity contribution in [3.63, 3.8) is 0 Å². The van der Waals surface area contributed by atoms with Crippen molar-refractivity contribution in [2.24, 2.45) is 0 Å². The standard InChI is InChI=1S/C18H26N6O/c1-18(2,3)15-16(25)20-17(22-21-15)19-13-5-7-14(8-6-13)24-11-9-23(4)10-12-24/h5-8H,9-12H2,1-4H3,(H2,19,20,22,25). The number of nitrogens with zero attached hydrogens (tertiary/aromatic N) is 4. The number of aromatic nitrogens is 3. The maximum Gasteiger partial charge on any atom is 0.274 e. The third-order valence-corrected chi connectivity index (χ3v) is 4.41. The van der Waals surface area contributed by atoms with Crippen molar-refractivity contribution in [1.82, 2.24) is 20.1 Å². The van der Waals surface area contributed by atoms with Crippen molar-refractivity contribution in [2.45, 2.75) is 26.2 Å². The number of H-pyrrole nitrogens is 1. The Morgan fingerprint density at radius 3 is 2.24 bits per heavy atom. The van der Waals surface area contributed by atoms with Crippen LogP contribution in [0.25, 0.3) is 0 Å². The Kier molecular flexibility index (Phi) is 4.76. The number of likely N-dealkylation sites (N-methyl/N-ethyl adjacent to an activating group) is 1. The van der Waals surface area contributed by atoms with Crippen molar-refractivity contribution in [1.29, 1.82) is 0 Å². The van der Waals surface area contributed by atoms with Gasteiger partial charge >= 0.3 is 0 Å². The van der Waals surface area contributed by atoms with Gasteiger partial charge in [-0.25, -0.2) is 0 Å². The summed E-state index contributed by atoms with van der Waals surface area (Å²) in [5, 5.41) is 11.3. The fraction of sp³-hybridized carbons (Fsp3) is 0.500. The summed E-state index contributed by atoms with van der Waals surface area (Å²) < 4.78 is 0. The molecule has 0 unspecified atom stereocenters. The highest BCUT2D eigenvalue weighted by atomic mass is 16.1. The molecule has 1 aliphatic rings. The summed E-state index contributed by atoms with van der Waals surface area (Å²) in [6.07, 6.45) is 0. The monoisotopic (exact) mass is 342 g/mol. The van der Waals surface area contributed by atoms with Gasteiger partial charge in [0, 0.05) is 43.0 Å². The number of rotatable bonds is 3. The van der Waals surface area contributed by atoms with Crippen molar-refractivity contribution in [3.8, 4) is 0 Å². The molecule has 2 heterocycles. The Morgan fingerprint density at radius 2 is 1.68 bits per heavy atom. The molecule has 7 nitrogen and oxygen atoms in total. The van der Waals surface area contributed by atoms with Gasteiger partial charge in [0.1, 0.15) is 5.69 Å². The van der Waals surface area contributed by atoms with E-state index in [1.807, 2.05) is 32.9 Å². The summed E-state index contributed by atoms with van der Waals surface area (Å²) in [4.78, 5) is 19.6. The van der Waals surface area contributed by atoms with Gasteiger partial charge in [0.25, 0.3) is 5.56 Å². The molecule has 1 aromatic carbocycles. The van der Waals surface area contributed by atoms with E-state index in [0.717, 1.165) is 31.9 Å². The minimum absolute atomic E-state index is 0.209. The van der Waals surface area contributed by atoms with E-state index in [1.165, 1.54) is 5.69 Å². The summed E-state index contributed by atoms with van der Waals surface area (Å²) in [7, 11) is 2.15. The van der Waals surface area contributed by atoms with Gasteiger partial charge in [-0.05, 0) is 31.3 Å². The summed E-state index contributed by atoms with van der Waals surface area (Å²) >= 11 is 0. The summed E-state index contributed by atoms with van der Waals surface area (Å²) in [5.41, 5.74) is 1.97. The predicted molar refractivity (Wildman–Crippen MR) is 101 cm³/mol. The quantitative estimate of drug-likeness (QED) is 0.888. The summed E-state index contributed by atoms with van der Waals surface area (Å²) in [6, 6.07) is 8.15. The zero-order valence-electron chi connectivity index (χ0n) is 15.3. The van der Waals surface area contributed by atoms with Crippen LogP contribution in [-0.2, 0) is 5.41 Å². The van der Waals surface area contributed by atoms with Crippen LogP contribution in [0.2, 0.25) is 0 Å². The topological polar surface area (TPSA) is 77.2 Å². The fourth-order valence-corrected chi connectivity index (χ4v) is 2.84. The van der Waals surface area contributed by atoms with Crippen LogP contribution in [0.5, 0.6) is 0 Å². The zero-order valence-corrected chi connectivity index (χ0v) is 15.3. The van der Waals surface area contributed by atoms with Crippen molar-refractivity contribution < 1.29 is 0 Å². The van der Waals surface area contributed by atoms with Crippen LogP contribution < -0.4 is 15.8 Å². The van der Waals surface area contributed by atoms with E-state index in [1.54, 1.807) is 0 Å². The van der Waals surface area contributed by atoms with Crippen LogP contribution in [0.1, 0.15) is 26.5 Å². The lowest BCUT2D eigenvalue weighted by Gasteiger charge is -2.34. The number of hydrogen-bond donors (Lipinski definition) is 2. The van der Waals surface area contributed by atoms with Crippen LogP contribution in [0.4, 0.5) is 17.3 Å². The van der Waals surface area contributed by atoms with Gasteiger partial charge in [-0.1, -0.05) is 20.8 Å².